The largest absolute Gasteiger partial charge is 0.416 e. The van der Waals surface area contributed by atoms with Crippen molar-refractivity contribution in [3.05, 3.63) is 34.9 Å². The number of unbranched alkanes of at least 4 members (excludes halogenated alkanes) is 1. The third-order valence-corrected chi connectivity index (χ3v) is 3.40. The summed E-state index contributed by atoms with van der Waals surface area (Å²) in [5.41, 5.74) is 7.23. The lowest BCUT2D eigenvalue weighted by molar-refractivity contribution is -0.143. The van der Waals surface area contributed by atoms with Crippen molar-refractivity contribution in [2.45, 2.75) is 37.7 Å². The molecule has 0 aromatic heterocycles. The predicted molar refractivity (Wildman–Crippen MR) is 79.7 cm³/mol. The number of benzene rings is 1. The van der Waals surface area contributed by atoms with Gasteiger partial charge < -0.3 is 16.8 Å². The predicted octanol–water partition coefficient (Wildman–Crippen LogP) is 2.91. The first-order valence-corrected chi connectivity index (χ1v) is 7.48. The molecular formula is C15H19F6N3O. The van der Waals surface area contributed by atoms with Gasteiger partial charge in [-0.15, -0.1) is 0 Å². The second-order valence-electron chi connectivity index (χ2n) is 5.55. The first kappa shape index (κ1) is 21.2. The van der Waals surface area contributed by atoms with Crippen LogP contribution in [0, 0.1) is 0 Å². The summed E-state index contributed by atoms with van der Waals surface area (Å²) in [5.74, 6) is -1.05. The molecule has 0 saturated carbocycles. The highest BCUT2D eigenvalue weighted by Crippen LogP contribution is 2.36. The molecule has 0 aliphatic heterocycles. The molecular weight excluding hydrogens is 352 g/mol. The van der Waals surface area contributed by atoms with Crippen molar-refractivity contribution in [3.63, 3.8) is 0 Å². The van der Waals surface area contributed by atoms with Gasteiger partial charge in [-0.3, -0.25) is 4.79 Å². The van der Waals surface area contributed by atoms with Crippen LogP contribution in [0.15, 0.2) is 18.2 Å². The Morgan fingerprint density at radius 1 is 1.00 bits per heavy atom. The fourth-order valence-corrected chi connectivity index (χ4v) is 2.06. The van der Waals surface area contributed by atoms with Gasteiger partial charge in [0.1, 0.15) is 0 Å². The van der Waals surface area contributed by atoms with Crippen molar-refractivity contribution >= 4 is 5.91 Å². The first-order chi connectivity index (χ1) is 11.4. The Morgan fingerprint density at radius 3 is 1.96 bits per heavy atom. The highest BCUT2D eigenvalue weighted by Gasteiger charge is 2.37. The van der Waals surface area contributed by atoms with E-state index >= 15 is 0 Å². The van der Waals surface area contributed by atoms with E-state index in [0.717, 1.165) is 6.42 Å². The number of hydrogen-bond donors (Lipinski definition) is 3. The number of amides is 1. The van der Waals surface area contributed by atoms with Gasteiger partial charge in [-0.05, 0) is 37.6 Å². The number of nitrogens with two attached hydrogens (primary N) is 2. The Labute approximate surface area is 140 Å². The Balaban J connectivity index is 2.90. The van der Waals surface area contributed by atoms with E-state index in [9.17, 15) is 31.1 Å². The Bertz CT molecular complexity index is 553. The molecule has 1 atom stereocenters. The number of carbonyl (C=O) groups is 1. The van der Waals surface area contributed by atoms with Crippen LogP contribution in [0.1, 0.15) is 40.7 Å². The normalized spacial score (nSPS) is 13.6. The van der Waals surface area contributed by atoms with Crippen molar-refractivity contribution in [2.75, 3.05) is 13.1 Å². The molecule has 0 aliphatic rings. The molecule has 0 fully saturated rings. The van der Waals surface area contributed by atoms with E-state index in [2.05, 4.69) is 5.32 Å². The fraction of sp³-hybridized carbons (Fsp3) is 0.533. The molecule has 1 aromatic rings. The van der Waals surface area contributed by atoms with Crippen LogP contribution >= 0.6 is 0 Å². The van der Waals surface area contributed by atoms with Gasteiger partial charge in [-0.1, -0.05) is 6.42 Å². The maximum Gasteiger partial charge on any atom is 0.416 e. The van der Waals surface area contributed by atoms with Gasteiger partial charge in [-0.25, -0.2) is 0 Å². The van der Waals surface area contributed by atoms with Gasteiger partial charge in [0.05, 0.1) is 11.1 Å². The van der Waals surface area contributed by atoms with Gasteiger partial charge in [0.15, 0.2) is 0 Å². The standard InChI is InChI=1S/C15H19F6N3O/c16-14(17,18)10-5-9(6-11(7-10)15(19,20)21)13(25)24-8-12(23)3-1-2-4-22/h5-7,12H,1-4,8,22-23H2,(H,24,25)/t12-/m1/s1. The number of alkyl halides is 6. The van der Waals surface area contributed by atoms with E-state index in [1.807, 2.05) is 0 Å². The number of hydrogen-bond acceptors (Lipinski definition) is 3. The van der Waals surface area contributed by atoms with Crippen LogP contribution in [0.2, 0.25) is 0 Å². The van der Waals surface area contributed by atoms with Gasteiger partial charge in [0.25, 0.3) is 5.91 Å². The SMILES string of the molecule is NCCCC[C@@H](N)CNC(=O)c1cc(C(F)(F)F)cc(C(F)(F)F)c1. The molecule has 1 aromatic carbocycles. The number of halogens is 6. The van der Waals surface area contributed by atoms with Crippen molar-refractivity contribution in [1.29, 1.82) is 0 Å². The molecule has 0 radical (unpaired) electrons. The summed E-state index contributed by atoms with van der Waals surface area (Å²) < 4.78 is 76.5. The quantitative estimate of drug-likeness (QED) is 0.509. The lowest BCUT2D eigenvalue weighted by Gasteiger charge is -2.15. The third kappa shape index (κ3) is 6.91. The van der Waals surface area contributed by atoms with Gasteiger partial charge in [-0.2, -0.15) is 26.3 Å². The molecule has 25 heavy (non-hydrogen) atoms. The fourth-order valence-electron chi connectivity index (χ4n) is 2.06. The second kappa shape index (κ2) is 8.52. The molecule has 0 bridgehead atoms. The molecule has 1 amide bonds. The van der Waals surface area contributed by atoms with E-state index in [1.165, 1.54) is 0 Å². The third-order valence-electron chi connectivity index (χ3n) is 3.40. The van der Waals surface area contributed by atoms with Crippen LogP contribution < -0.4 is 16.8 Å². The van der Waals surface area contributed by atoms with Gasteiger partial charge in [0.2, 0.25) is 0 Å². The minimum absolute atomic E-state index is 0.0324. The van der Waals surface area contributed by atoms with Crippen LogP contribution in [0.4, 0.5) is 26.3 Å². The van der Waals surface area contributed by atoms with Gasteiger partial charge >= 0.3 is 12.4 Å². The van der Waals surface area contributed by atoms with E-state index in [-0.39, 0.29) is 12.6 Å². The summed E-state index contributed by atoms with van der Waals surface area (Å²) in [6, 6.07) is 0.257. The topological polar surface area (TPSA) is 81.1 Å². The smallest absolute Gasteiger partial charge is 0.350 e. The average Bonchev–Trinajstić information content (AvgIpc) is 2.50. The minimum Gasteiger partial charge on any atom is -0.350 e. The summed E-state index contributed by atoms with van der Waals surface area (Å²) in [5, 5.41) is 2.25. The Kier molecular flexibility index (Phi) is 7.24. The Morgan fingerprint density at radius 2 is 1.52 bits per heavy atom. The van der Waals surface area contributed by atoms with Crippen LogP contribution in [0.5, 0.6) is 0 Å². The van der Waals surface area contributed by atoms with E-state index in [1.54, 1.807) is 0 Å². The summed E-state index contributed by atoms with van der Waals surface area (Å²) in [6.45, 7) is 0.407. The van der Waals surface area contributed by atoms with Crippen LogP contribution in [-0.2, 0) is 12.4 Å². The molecule has 0 saturated heterocycles. The first-order valence-electron chi connectivity index (χ1n) is 7.48. The van der Waals surface area contributed by atoms with E-state index < -0.39 is 41.0 Å². The van der Waals surface area contributed by atoms with Crippen molar-refractivity contribution in [3.8, 4) is 0 Å². The maximum absolute atomic E-state index is 12.8. The molecule has 4 nitrogen and oxygen atoms in total. The highest BCUT2D eigenvalue weighted by atomic mass is 19.4. The second-order valence-corrected chi connectivity index (χ2v) is 5.55. The maximum atomic E-state index is 12.8. The summed E-state index contributed by atoms with van der Waals surface area (Å²) in [4.78, 5) is 11.9. The summed E-state index contributed by atoms with van der Waals surface area (Å²) >= 11 is 0. The van der Waals surface area contributed by atoms with E-state index in [4.69, 9.17) is 11.5 Å². The lowest BCUT2D eigenvalue weighted by Crippen LogP contribution is -2.37. The number of nitrogens with one attached hydrogen (secondary N) is 1. The summed E-state index contributed by atoms with van der Waals surface area (Å²) in [6.07, 6.45) is -8.06. The van der Waals surface area contributed by atoms with Gasteiger partial charge in [0, 0.05) is 18.2 Å². The van der Waals surface area contributed by atoms with E-state index in [0.29, 0.717) is 31.5 Å². The molecule has 142 valence electrons. The zero-order chi connectivity index (χ0) is 19.3. The number of rotatable bonds is 7. The molecule has 10 heteroatoms. The molecule has 0 spiro atoms. The van der Waals surface area contributed by atoms with Crippen molar-refractivity contribution < 1.29 is 31.1 Å². The van der Waals surface area contributed by atoms with Crippen LogP contribution in [-0.4, -0.2) is 25.0 Å². The number of carbonyl (C=O) groups excluding carboxylic acids is 1. The molecule has 0 heterocycles. The Hall–Kier alpha value is -1.81. The molecule has 5 N–H and O–H groups in total. The zero-order valence-electron chi connectivity index (χ0n) is 13.2. The van der Waals surface area contributed by atoms with Crippen LogP contribution in [0.3, 0.4) is 0 Å². The highest BCUT2D eigenvalue weighted by molar-refractivity contribution is 5.94. The van der Waals surface area contributed by atoms with Crippen LogP contribution in [0.25, 0.3) is 0 Å². The minimum atomic E-state index is -5.01. The molecule has 1 rings (SSSR count). The van der Waals surface area contributed by atoms with Crippen molar-refractivity contribution in [1.82, 2.24) is 5.32 Å². The summed E-state index contributed by atoms with van der Waals surface area (Å²) in [7, 11) is 0. The lowest BCUT2D eigenvalue weighted by atomic mass is 10.0. The zero-order valence-corrected chi connectivity index (χ0v) is 13.2. The molecule has 0 unspecified atom stereocenters. The van der Waals surface area contributed by atoms with Crippen molar-refractivity contribution in [2.24, 2.45) is 11.5 Å². The molecule has 0 aliphatic carbocycles. The monoisotopic (exact) mass is 371 g/mol. The average molecular weight is 371 g/mol.